The predicted molar refractivity (Wildman–Crippen MR) is 77.7 cm³/mol. The Morgan fingerprint density at radius 3 is 2.82 bits per heavy atom. The first-order chi connectivity index (χ1) is 10.5. The maximum Gasteiger partial charge on any atom is 0.270 e. The van der Waals surface area contributed by atoms with Crippen LogP contribution in [0.5, 0.6) is 5.75 Å². The Kier molecular flexibility index (Phi) is 3.98. The van der Waals surface area contributed by atoms with E-state index in [-0.39, 0.29) is 29.1 Å². The number of nitro benzene ring substituents is 1. The highest BCUT2D eigenvalue weighted by Gasteiger charge is 2.36. The Hall–Kier alpha value is -2.15. The van der Waals surface area contributed by atoms with Crippen LogP contribution in [0.3, 0.4) is 0 Å². The fourth-order valence-corrected chi connectivity index (χ4v) is 2.84. The van der Waals surface area contributed by atoms with Crippen molar-refractivity contribution in [3.8, 4) is 5.75 Å². The van der Waals surface area contributed by atoms with Gasteiger partial charge in [-0.15, -0.1) is 0 Å². The molecular formula is C15H18N2O5. The molecule has 3 rings (SSSR count). The number of amides is 1. The average Bonchev–Trinajstić information content (AvgIpc) is 3.32. The van der Waals surface area contributed by atoms with Gasteiger partial charge in [0, 0.05) is 24.8 Å². The Balaban J connectivity index is 1.68. The van der Waals surface area contributed by atoms with Crippen molar-refractivity contribution in [3.63, 3.8) is 0 Å². The zero-order chi connectivity index (χ0) is 15.7. The van der Waals surface area contributed by atoms with E-state index in [0.717, 1.165) is 12.5 Å². The van der Waals surface area contributed by atoms with E-state index in [1.54, 1.807) is 0 Å². The number of non-ortho nitro benzene ring substituents is 1. The largest absolute Gasteiger partial charge is 0.507 e. The van der Waals surface area contributed by atoms with Crippen molar-refractivity contribution in [2.24, 2.45) is 5.92 Å². The summed E-state index contributed by atoms with van der Waals surface area (Å²) in [5.41, 5.74) is -0.283. The maximum atomic E-state index is 12.3. The molecule has 1 aromatic carbocycles. The van der Waals surface area contributed by atoms with Crippen molar-refractivity contribution in [1.82, 2.24) is 5.32 Å². The molecule has 7 heteroatoms. The van der Waals surface area contributed by atoms with Crippen molar-refractivity contribution in [2.45, 2.75) is 37.8 Å². The molecule has 0 unspecified atom stereocenters. The van der Waals surface area contributed by atoms with Gasteiger partial charge in [-0.2, -0.15) is 0 Å². The number of benzene rings is 1. The number of nitrogens with zero attached hydrogens (tertiary/aromatic N) is 1. The number of hydrogen-bond donors (Lipinski definition) is 2. The third-order valence-corrected chi connectivity index (χ3v) is 4.23. The molecule has 1 aliphatic heterocycles. The molecule has 1 saturated carbocycles. The van der Waals surface area contributed by atoms with Crippen molar-refractivity contribution in [2.75, 3.05) is 6.61 Å². The molecule has 2 atom stereocenters. The Morgan fingerprint density at radius 1 is 1.36 bits per heavy atom. The summed E-state index contributed by atoms with van der Waals surface area (Å²) >= 11 is 0. The molecule has 1 amide bonds. The van der Waals surface area contributed by atoms with E-state index in [1.165, 1.54) is 25.0 Å². The van der Waals surface area contributed by atoms with Crippen LogP contribution in [0.2, 0.25) is 0 Å². The standard InChI is InChI=1S/C15H18N2O5/c18-13-4-3-11(17(20)21)8-12(13)15(19)16-10-5-6-22-14(7-10)9-1-2-9/h3-4,8-10,14,18H,1-2,5-7H2,(H,16,19)/t10-,14-/m1/s1. The van der Waals surface area contributed by atoms with Crippen LogP contribution in [-0.4, -0.2) is 34.7 Å². The molecule has 22 heavy (non-hydrogen) atoms. The number of carbonyl (C=O) groups excluding carboxylic acids is 1. The minimum atomic E-state index is -0.589. The number of hydrogen-bond acceptors (Lipinski definition) is 5. The lowest BCUT2D eigenvalue weighted by Crippen LogP contribution is -2.42. The van der Waals surface area contributed by atoms with Gasteiger partial charge in [0.05, 0.1) is 16.6 Å². The van der Waals surface area contributed by atoms with E-state index in [2.05, 4.69) is 5.32 Å². The van der Waals surface area contributed by atoms with Crippen LogP contribution in [0.1, 0.15) is 36.0 Å². The zero-order valence-electron chi connectivity index (χ0n) is 12.0. The molecule has 7 nitrogen and oxygen atoms in total. The Bertz CT molecular complexity index is 600. The van der Waals surface area contributed by atoms with Gasteiger partial charge in [0.1, 0.15) is 5.75 Å². The molecule has 1 saturated heterocycles. The summed E-state index contributed by atoms with van der Waals surface area (Å²) in [5, 5.41) is 23.4. The van der Waals surface area contributed by atoms with E-state index >= 15 is 0 Å². The summed E-state index contributed by atoms with van der Waals surface area (Å²) in [4.78, 5) is 22.5. The molecule has 0 aromatic heterocycles. The lowest BCUT2D eigenvalue weighted by atomic mass is 9.99. The highest BCUT2D eigenvalue weighted by molar-refractivity contribution is 5.97. The van der Waals surface area contributed by atoms with Crippen LogP contribution >= 0.6 is 0 Å². The van der Waals surface area contributed by atoms with Crippen LogP contribution in [0, 0.1) is 16.0 Å². The third-order valence-electron chi connectivity index (χ3n) is 4.23. The molecule has 1 aromatic rings. The second kappa shape index (κ2) is 5.92. The minimum Gasteiger partial charge on any atom is -0.507 e. The number of nitro groups is 1. The topological polar surface area (TPSA) is 102 Å². The molecule has 0 spiro atoms. The van der Waals surface area contributed by atoms with Gasteiger partial charge in [0.25, 0.3) is 11.6 Å². The van der Waals surface area contributed by atoms with Gasteiger partial charge >= 0.3 is 0 Å². The van der Waals surface area contributed by atoms with Gasteiger partial charge < -0.3 is 15.2 Å². The lowest BCUT2D eigenvalue weighted by molar-refractivity contribution is -0.384. The second-order valence-electron chi connectivity index (χ2n) is 5.90. The van der Waals surface area contributed by atoms with Crippen LogP contribution in [0.25, 0.3) is 0 Å². The normalized spacial score (nSPS) is 24.7. The fraction of sp³-hybridized carbons (Fsp3) is 0.533. The van der Waals surface area contributed by atoms with Gasteiger partial charge in [-0.3, -0.25) is 14.9 Å². The lowest BCUT2D eigenvalue weighted by Gasteiger charge is -2.30. The second-order valence-corrected chi connectivity index (χ2v) is 5.90. The van der Waals surface area contributed by atoms with E-state index in [9.17, 15) is 20.0 Å². The first-order valence-electron chi connectivity index (χ1n) is 7.44. The molecule has 1 aliphatic carbocycles. The van der Waals surface area contributed by atoms with Crippen LogP contribution < -0.4 is 5.32 Å². The number of nitrogens with one attached hydrogen (secondary N) is 1. The number of carbonyl (C=O) groups is 1. The molecular weight excluding hydrogens is 288 g/mol. The molecule has 0 bridgehead atoms. The van der Waals surface area contributed by atoms with Crippen LogP contribution in [-0.2, 0) is 4.74 Å². The fourth-order valence-electron chi connectivity index (χ4n) is 2.84. The van der Waals surface area contributed by atoms with Crippen molar-refractivity contribution in [1.29, 1.82) is 0 Å². The van der Waals surface area contributed by atoms with Crippen molar-refractivity contribution in [3.05, 3.63) is 33.9 Å². The van der Waals surface area contributed by atoms with Gasteiger partial charge in [0.2, 0.25) is 0 Å². The molecule has 0 radical (unpaired) electrons. The van der Waals surface area contributed by atoms with E-state index < -0.39 is 10.8 Å². The summed E-state index contributed by atoms with van der Waals surface area (Å²) in [5.74, 6) is -0.137. The highest BCUT2D eigenvalue weighted by atomic mass is 16.6. The quantitative estimate of drug-likeness (QED) is 0.654. The molecule has 2 aliphatic rings. The number of aromatic hydroxyl groups is 1. The highest BCUT2D eigenvalue weighted by Crippen LogP contribution is 2.38. The monoisotopic (exact) mass is 306 g/mol. The number of rotatable bonds is 4. The molecule has 118 valence electrons. The van der Waals surface area contributed by atoms with Gasteiger partial charge in [0.15, 0.2) is 0 Å². The summed E-state index contributed by atoms with van der Waals surface area (Å²) in [7, 11) is 0. The Morgan fingerprint density at radius 2 is 2.14 bits per heavy atom. The summed E-state index contributed by atoms with van der Waals surface area (Å²) in [6, 6.07) is 3.42. The summed E-state index contributed by atoms with van der Waals surface area (Å²) in [6.45, 7) is 0.604. The van der Waals surface area contributed by atoms with Crippen molar-refractivity contribution < 1.29 is 19.6 Å². The van der Waals surface area contributed by atoms with Crippen LogP contribution in [0.15, 0.2) is 18.2 Å². The van der Waals surface area contributed by atoms with Crippen molar-refractivity contribution >= 4 is 11.6 Å². The van der Waals surface area contributed by atoms with Crippen LogP contribution in [0.4, 0.5) is 5.69 Å². The predicted octanol–water partition coefficient (Wildman–Crippen LogP) is 1.99. The molecule has 2 fully saturated rings. The SMILES string of the molecule is O=C(N[C@@H]1CCO[C@@H](C2CC2)C1)c1cc([N+](=O)[O-])ccc1O. The summed E-state index contributed by atoms with van der Waals surface area (Å²) < 4.78 is 5.70. The van der Waals surface area contributed by atoms with E-state index in [1.807, 2.05) is 0 Å². The first kappa shape index (κ1) is 14.8. The van der Waals surface area contributed by atoms with Gasteiger partial charge in [-0.25, -0.2) is 0 Å². The van der Waals surface area contributed by atoms with E-state index in [4.69, 9.17) is 4.74 Å². The number of phenols is 1. The smallest absolute Gasteiger partial charge is 0.270 e. The van der Waals surface area contributed by atoms with Gasteiger partial charge in [-0.05, 0) is 37.7 Å². The molecule has 1 heterocycles. The third kappa shape index (κ3) is 3.19. The van der Waals surface area contributed by atoms with E-state index in [0.29, 0.717) is 18.9 Å². The molecule has 2 N–H and O–H groups in total. The zero-order valence-corrected chi connectivity index (χ0v) is 12.0. The average molecular weight is 306 g/mol. The number of ether oxygens (including phenoxy) is 1. The summed E-state index contributed by atoms with van der Waals surface area (Å²) in [6.07, 6.45) is 4.02. The van der Waals surface area contributed by atoms with Gasteiger partial charge in [-0.1, -0.05) is 0 Å². The Labute approximate surface area is 127 Å². The minimum absolute atomic E-state index is 0.0227. The maximum absolute atomic E-state index is 12.3. The first-order valence-corrected chi connectivity index (χ1v) is 7.44. The number of phenolic OH excluding ortho intramolecular Hbond substituents is 1.